The highest BCUT2D eigenvalue weighted by atomic mass is 19.4. The number of benzene rings is 1. The zero-order valence-electron chi connectivity index (χ0n) is 10.7. The van der Waals surface area contributed by atoms with E-state index in [1.165, 1.54) is 12.1 Å². The van der Waals surface area contributed by atoms with Gasteiger partial charge in [-0.2, -0.15) is 13.2 Å². The van der Waals surface area contributed by atoms with Crippen LogP contribution in [0.25, 0.3) is 0 Å². The van der Waals surface area contributed by atoms with Gasteiger partial charge in [-0.15, -0.1) is 0 Å². The predicted molar refractivity (Wildman–Crippen MR) is 63.1 cm³/mol. The van der Waals surface area contributed by atoms with E-state index in [4.69, 9.17) is 9.84 Å². The van der Waals surface area contributed by atoms with E-state index in [9.17, 15) is 22.8 Å². The topological polar surface area (TPSA) is 84.9 Å². The lowest BCUT2D eigenvalue weighted by molar-refractivity contribution is -0.236. The monoisotopic (exact) mass is 305 g/mol. The van der Waals surface area contributed by atoms with Crippen molar-refractivity contribution in [3.63, 3.8) is 0 Å². The molecule has 0 fully saturated rings. The average Bonchev–Trinajstić information content (AvgIpc) is 2.76. The zero-order chi connectivity index (χ0) is 15.8. The Morgan fingerprint density at radius 1 is 1.43 bits per heavy atom. The van der Waals surface area contributed by atoms with Crippen LogP contribution in [-0.4, -0.2) is 36.1 Å². The second-order valence-electron chi connectivity index (χ2n) is 4.29. The first-order valence-electron chi connectivity index (χ1n) is 5.67. The van der Waals surface area contributed by atoms with Crippen molar-refractivity contribution in [3.8, 4) is 5.75 Å². The number of hydrogen-bond acceptors (Lipinski definition) is 5. The minimum absolute atomic E-state index is 0.295. The van der Waals surface area contributed by atoms with E-state index in [-0.39, 0.29) is 17.0 Å². The Hall–Kier alpha value is -2.45. The Morgan fingerprint density at radius 2 is 2.10 bits per heavy atom. The molecule has 1 unspecified atom stereocenters. The Labute approximate surface area is 116 Å². The maximum Gasteiger partial charge on any atom is 0.449 e. The molecule has 2 rings (SSSR count). The first kappa shape index (κ1) is 14.9. The van der Waals surface area contributed by atoms with Gasteiger partial charge in [0.1, 0.15) is 12.2 Å². The number of nitrogens with one attached hydrogen (secondary N) is 1. The zero-order valence-corrected chi connectivity index (χ0v) is 10.7. The molecule has 1 heterocycles. The van der Waals surface area contributed by atoms with Crippen molar-refractivity contribution in [3.05, 3.63) is 23.8 Å². The van der Waals surface area contributed by atoms with Gasteiger partial charge in [0.2, 0.25) is 0 Å². The summed E-state index contributed by atoms with van der Waals surface area (Å²) in [5.74, 6) is -2.86. The highest BCUT2D eigenvalue weighted by molar-refractivity contribution is 5.97. The third kappa shape index (κ3) is 2.46. The molecule has 0 aromatic heterocycles. The number of carbonyl (C=O) groups excluding carboxylic acids is 1. The van der Waals surface area contributed by atoms with Crippen LogP contribution in [0.1, 0.15) is 16.8 Å². The largest absolute Gasteiger partial charge is 0.478 e. The van der Waals surface area contributed by atoms with Crippen molar-refractivity contribution in [1.29, 1.82) is 0 Å². The number of ether oxygens (including phenoxy) is 2. The second kappa shape index (κ2) is 4.83. The molecule has 9 heteroatoms. The lowest BCUT2D eigenvalue weighted by Gasteiger charge is -2.30. The van der Waals surface area contributed by atoms with E-state index in [2.05, 4.69) is 4.74 Å². The molecular weight excluding hydrogens is 295 g/mol. The Kier molecular flexibility index (Phi) is 3.44. The molecule has 0 radical (unpaired) electrons. The summed E-state index contributed by atoms with van der Waals surface area (Å²) in [5, 5.41) is 11.0. The van der Waals surface area contributed by atoms with Gasteiger partial charge >= 0.3 is 18.1 Å². The predicted octanol–water partition coefficient (Wildman–Crippen LogP) is 2.01. The number of halogens is 3. The number of hydrogen-bond donors (Lipinski definition) is 2. The van der Waals surface area contributed by atoms with Crippen LogP contribution in [0.15, 0.2) is 18.2 Å². The number of anilines is 1. The van der Waals surface area contributed by atoms with Crippen molar-refractivity contribution in [2.45, 2.75) is 18.3 Å². The maximum absolute atomic E-state index is 13.3. The third-order valence-electron chi connectivity index (χ3n) is 2.95. The summed E-state index contributed by atoms with van der Waals surface area (Å²) in [4.78, 5) is 22.3. The van der Waals surface area contributed by atoms with Crippen LogP contribution in [0.5, 0.6) is 5.75 Å². The van der Waals surface area contributed by atoms with Crippen LogP contribution in [0.4, 0.5) is 18.9 Å². The van der Waals surface area contributed by atoms with E-state index in [0.717, 1.165) is 13.2 Å². The molecule has 0 aliphatic carbocycles. The number of carbonyl (C=O) groups is 2. The number of aromatic carboxylic acids is 1. The highest BCUT2D eigenvalue weighted by Gasteiger charge is 2.62. The summed E-state index contributed by atoms with van der Waals surface area (Å²) >= 11 is 0. The summed E-state index contributed by atoms with van der Waals surface area (Å²) < 4.78 is 48.9. The standard InChI is InChI=1S/C12H10F3NO5/c1-20-8(17)5-11(12(13,14)15)16-9-6(10(18)19)3-2-4-7(9)21-11/h2-4,16H,5H2,1H3,(H,18,19). The molecule has 1 aliphatic heterocycles. The molecule has 0 amide bonds. The van der Waals surface area contributed by atoms with Gasteiger partial charge in [0.05, 0.1) is 18.4 Å². The fraction of sp³-hybridized carbons (Fsp3) is 0.333. The van der Waals surface area contributed by atoms with Crippen molar-refractivity contribution in [2.75, 3.05) is 12.4 Å². The van der Waals surface area contributed by atoms with Gasteiger partial charge in [0, 0.05) is 0 Å². The summed E-state index contributed by atoms with van der Waals surface area (Å²) in [7, 11) is 0.942. The fourth-order valence-electron chi connectivity index (χ4n) is 1.92. The van der Waals surface area contributed by atoms with Gasteiger partial charge in [-0.05, 0) is 12.1 Å². The molecular formula is C12H10F3NO5. The smallest absolute Gasteiger partial charge is 0.449 e. The molecule has 0 saturated heterocycles. The molecule has 1 aromatic carbocycles. The van der Waals surface area contributed by atoms with E-state index in [0.29, 0.717) is 0 Å². The minimum atomic E-state index is -4.96. The Balaban J connectivity index is 2.47. The number of esters is 1. The molecule has 1 aliphatic rings. The van der Waals surface area contributed by atoms with Gasteiger partial charge in [-0.25, -0.2) is 4.79 Å². The molecule has 0 bridgehead atoms. The number of alkyl halides is 3. The second-order valence-corrected chi connectivity index (χ2v) is 4.29. The van der Waals surface area contributed by atoms with Crippen LogP contribution in [0.3, 0.4) is 0 Å². The summed E-state index contributed by atoms with van der Waals surface area (Å²) in [6.07, 6.45) is -6.11. The molecule has 21 heavy (non-hydrogen) atoms. The van der Waals surface area contributed by atoms with E-state index < -0.39 is 30.3 Å². The molecule has 2 N–H and O–H groups in total. The van der Waals surface area contributed by atoms with Gasteiger partial charge in [-0.1, -0.05) is 6.07 Å². The van der Waals surface area contributed by atoms with Gasteiger partial charge in [-0.3, -0.25) is 4.79 Å². The van der Waals surface area contributed by atoms with Crippen LogP contribution >= 0.6 is 0 Å². The van der Waals surface area contributed by atoms with Crippen LogP contribution in [0.2, 0.25) is 0 Å². The minimum Gasteiger partial charge on any atom is -0.478 e. The van der Waals surface area contributed by atoms with Crippen molar-refractivity contribution in [1.82, 2.24) is 0 Å². The van der Waals surface area contributed by atoms with Gasteiger partial charge < -0.3 is 19.9 Å². The number of carboxylic acids is 1. The normalized spacial score (nSPS) is 20.2. The Morgan fingerprint density at radius 3 is 2.62 bits per heavy atom. The van der Waals surface area contributed by atoms with Crippen LogP contribution in [-0.2, 0) is 9.53 Å². The number of carboxylic acid groups (broad SMARTS) is 1. The van der Waals surface area contributed by atoms with Crippen LogP contribution < -0.4 is 10.1 Å². The number of para-hydroxylation sites is 1. The fourth-order valence-corrected chi connectivity index (χ4v) is 1.92. The van der Waals surface area contributed by atoms with E-state index in [1.54, 1.807) is 0 Å². The van der Waals surface area contributed by atoms with Crippen molar-refractivity contribution in [2.24, 2.45) is 0 Å². The van der Waals surface area contributed by atoms with Gasteiger partial charge in [0.25, 0.3) is 5.72 Å². The lowest BCUT2D eigenvalue weighted by atomic mass is 10.1. The highest BCUT2D eigenvalue weighted by Crippen LogP contribution is 2.47. The number of methoxy groups -OCH3 is 1. The molecule has 6 nitrogen and oxygen atoms in total. The Bertz CT molecular complexity index is 601. The SMILES string of the molecule is COC(=O)CC1(C(F)(F)F)Nc2c(cccc2C(=O)O)O1. The van der Waals surface area contributed by atoms with E-state index in [1.807, 2.05) is 5.32 Å². The summed E-state index contributed by atoms with van der Waals surface area (Å²) in [5.41, 5.74) is -3.76. The first-order valence-corrected chi connectivity index (χ1v) is 5.67. The molecule has 1 atom stereocenters. The number of fused-ring (bicyclic) bond motifs is 1. The molecule has 0 spiro atoms. The molecule has 0 saturated carbocycles. The van der Waals surface area contributed by atoms with Gasteiger partial charge in [0.15, 0.2) is 0 Å². The number of rotatable bonds is 3. The third-order valence-corrected chi connectivity index (χ3v) is 2.95. The summed E-state index contributed by atoms with van der Waals surface area (Å²) in [6, 6.07) is 3.55. The van der Waals surface area contributed by atoms with Crippen LogP contribution in [0, 0.1) is 0 Å². The summed E-state index contributed by atoms with van der Waals surface area (Å²) in [6.45, 7) is 0. The lowest BCUT2D eigenvalue weighted by Crippen LogP contribution is -2.55. The quantitative estimate of drug-likeness (QED) is 0.831. The first-order chi connectivity index (χ1) is 9.70. The van der Waals surface area contributed by atoms with E-state index >= 15 is 0 Å². The van der Waals surface area contributed by atoms with Crippen molar-refractivity contribution < 1.29 is 37.3 Å². The molecule has 114 valence electrons. The molecule has 1 aromatic rings. The average molecular weight is 305 g/mol. The maximum atomic E-state index is 13.3. The van der Waals surface area contributed by atoms with Crippen molar-refractivity contribution >= 4 is 17.6 Å².